The molecular formula is C56H93N15O15. The van der Waals surface area contributed by atoms with Crippen LogP contribution in [0, 0.1) is 17.8 Å². The van der Waals surface area contributed by atoms with Crippen molar-refractivity contribution in [3.8, 4) is 0 Å². The lowest BCUT2D eigenvalue weighted by Crippen LogP contribution is -2.63. The van der Waals surface area contributed by atoms with E-state index in [1.165, 1.54) is 13.8 Å². The zero-order chi connectivity index (χ0) is 65.0. The Morgan fingerprint density at radius 1 is 0.605 bits per heavy atom. The molecule has 1 unspecified atom stereocenters. The van der Waals surface area contributed by atoms with Gasteiger partial charge in [0, 0.05) is 13.0 Å². The lowest BCUT2D eigenvalue weighted by atomic mass is 9.94. The summed E-state index contributed by atoms with van der Waals surface area (Å²) in [5, 5.41) is 49.0. The average Bonchev–Trinajstić information content (AvgIpc) is 3.21. The molecule has 1 heterocycles. The number of guanidine groups is 1. The number of carbonyl (C=O) groups excluding carboxylic acids is 12. The first-order valence-electron chi connectivity index (χ1n) is 29.1. The summed E-state index contributed by atoms with van der Waals surface area (Å²) in [5.74, 6) is -12.9. The minimum absolute atomic E-state index is 0.00514. The maximum Gasteiger partial charge on any atom is 0.328 e. The van der Waals surface area contributed by atoms with Crippen LogP contribution in [0.2, 0.25) is 0 Å². The number of amides is 11. The number of carbonyl (C=O) groups is 12. The third-order valence-corrected chi connectivity index (χ3v) is 15.0. The molecule has 0 aliphatic carbocycles. The van der Waals surface area contributed by atoms with Gasteiger partial charge < -0.3 is 90.6 Å². The first-order chi connectivity index (χ1) is 40.6. The molecule has 30 nitrogen and oxygen atoms in total. The Hall–Kier alpha value is -7.99. The molecule has 86 heavy (non-hydrogen) atoms. The maximum atomic E-state index is 14.4. The summed E-state index contributed by atoms with van der Waals surface area (Å²) in [6.07, 6.45) is -0.848. The molecule has 15 atom stereocenters. The van der Waals surface area contributed by atoms with Gasteiger partial charge in [-0.1, -0.05) is 98.1 Å². The third kappa shape index (κ3) is 23.8. The Morgan fingerprint density at radius 3 is 1.55 bits per heavy atom. The number of likely N-dealkylation sites (N-methyl/N-ethyl adjacent to an activating group) is 1. The maximum absolute atomic E-state index is 14.4. The summed E-state index contributed by atoms with van der Waals surface area (Å²) in [5.41, 5.74) is 17.1. The van der Waals surface area contributed by atoms with Gasteiger partial charge in [-0.05, 0) is 76.3 Å². The van der Waals surface area contributed by atoms with Crippen LogP contribution >= 0.6 is 0 Å². The Labute approximate surface area is 501 Å². The molecule has 1 fully saturated rings. The number of aliphatic hydroxyl groups excluding tert-OH is 2. The highest BCUT2D eigenvalue weighted by atomic mass is 16.5. The monoisotopic (exact) mass is 1220 g/mol. The van der Waals surface area contributed by atoms with Crippen LogP contribution in [0.15, 0.2) is 35.3 Å². The highest BCUT2D eigenvalue weighted by molar-refractivity contribution is 5.99. The standard InChI is InChI=1S/C56H93N15O15/c1-11-28(5)41(69-48(78)37(60-10)25-33-19-16-15-17-20-33)51(81)66-38(26-72)49(79)65-36(22-23-40(57)74)47(77)68-43(30(7)13-3)53(83)70-42(29(6)12-2)52(82)67-39(27-73)50(80)71-44-32(9)86-55(85)34(14-4)63-46(76)35(21-18-24-61-56(58)59)64-45(75)31(8)62-54(44)84/h15-17,19-20,28-32,34-39,41-44,60,72-73H,11-14,18,21-27H2,1-10H3,(H2,57,74)(H,62,84)(H,63,76)(H,64,75)(H,65,79)(H,66,81)(H,67,82)(H,68,77)(H,69,78)(H,70,83)(H,71,80)(H4,58,59,61)/t28-,29-,30-,31-,32-,34?,35-,36+,37+,38-,39-,41-,42-,43+,44+/m0/s1. The fourth-order valence-corrected chi connectivity index (χ4v) is 8.79. The van der Waals surface area contributed by atoms with E-state index in [2.05, 4.69) is 63.5 Å². The molecule has 0 radical (unpaired) electrons. The van der Waals surface area contributed by atoms with Gasteiger partial charge in [0.25, 0.3) is 0 Å². The summed E-state index contributed by atoms with van der Waals surface area (Å²) in [4.78, 5) is 168. The van der Waals surface area contributed by atoms with Crippen molar-refractivity contribution in [1.29, 1.82) is 0 Å². The highest BCUT2D eigenvalue weighted by Gasteiger charge is 2.40. The Balaban J connectivity index is 2.37. The first-order valence-corrected chi connectivity index (χ1v) is 29.1. The summed E-state index contributed by atoms with van der Waals surface area (Å²) >= 11 is 0. The van der Waals surface area contributed by atoms with Crippen LogP contribution in [0.25, 0.3) is 0 Å². The molecule has 1 saturated heterocycles. The molecule has 482 valence electrons. The Kier molecular flexibility index (Phi) is 32.3. The summed E-state index contributed by atoms with van der Waals surface area (Å²) in [6, 6.07) is -6.33. The van der Waals surface area contributed by atoms with Gasteiger partial charge in [-0.25, -0.2) is 4.79 Å². The van der Waals surface area contributed by atoms with Crippen molar-refractivity contribution in [3.05, 3.63) is 35.9 Å². The summed E-state index contributed by atoms with van der Waals surface area (Å²) < 4.78 is 5.57. The predicted molar refractivity (Wildman–Crippen MR) is 315 cm³/mol. The molecule has 0 saturated carbocycles. The van der Waals surface area contributed by atoms with E-state index in [1.807, 2.05) is 30.3 Å². The molecule has 0 spiro atoms. The topological polar surface area (TPSA) is 477 Å². The average molecular weight is 1220 g/mol. The van der Waals surface area contributed by atoms with Crippen LogP contribution < -0.4 is 75.7 Å². The number of nitrogens with one attached hydrogen (secondary N) is 11. The SMILES string of the molecule is CCC1NC(=O)[C@H](CCCN=C(N)N)NC(=O)[C@H](C)NC(=O)[C@H](NC(=O)[C@H](CO)NC(=O)[C@@H](NC(=O)[C@H](NC(=O)[C@@H](CCC(N)=O)NC(=O)[C@H](CO)NC(=O)[C@@H](NC(=O)[C@@H](Cc2ccccc2)NC)[C@@H](C)CC)[C@@H](C)CC)[C@@H](C)CC)[C@H](C)OC1=O. The normalized spacial score (nSPS) is 20.9. The van der Waals surface area contributed by atoms with Crippen molar-refractivity contribution in [2.75, 3.05) is 26.8 Å². The number of ether oxygens (including phenoxy) is 1. The van der Waals surface area contributed by atoms with E-state index in [4.69, 9.17) is 21.9 Å². The van der Waals surface area contributed by atoms with Gasteiger partial charge in [-0.15, -0.1) is 0 Å². The van der Waals surface area contributed by atoms with Gasteiger partial charge in [0.1, 0.15) is 66.5 Å². The number of esters is 1. The van der Waals surface area contributed by atoms with E-state index in [0.717, 1.165) is 5.56 Å². The summed E-state index contributed by atoms with van der Waals surface area (Å²) in [6.45, 7) is 12.3. The number of hydrogen-bond acceptors (Lipinski definition) is 17. The number of nitrogens with zero attached hydrogens (tertiary/aromatic N) is 1. The Bertz CT molecular complexity index is 2500. The molecule has 2 rings (SSSR count). The second kappa shape index (κ2) is 37.4. The molecule has 1 aliphatic rings. The van der Waals surface area contributed by atoms with Gasteiger partial charge in [-0.2, -0.15) is 0 Å². The fourth-order valence-electron chi connectivity index (χ4n) is 8.79. The Morgan fingerprint density at radius 2 is 1.07 bits per heavy atom. The van der Waals surface area contributed by atoms with Crippen molar-refractivity contribution in [1.82, 2.24) is 58.5 Å². The van der Waals surface area contributed by atoms with Crippen molar-refractivity contribution in [3.63, 3.8) is 0 Å². The molecule has 11 amide bonds. The number of aliphatic imine (C=N–C) groups is 1. The van der Waals surface area contributed by atoms with Crippen molar-refractivity contribution < 1.29 is 72.5 Å². The van der Waals surface area contributed by atoms with Crippen LogP contribution in [0.1, 0.15) is 119 Å². The van der Waals surface area contributed by atoms with Crippen LogP contribution in [0.3, 0.4) is 0 Å². The fraction of sp³-hybridized carbons (Fsp3) is 0.661. The van der Waals surface area contributed by atoms with Crippen molar-refractivity contribution in [2.24, 2.45) is 39.9 Å². The highest BCUT2D eigenvalue weighted by Crippen LogP contribution is 2.16. The van der Waals surface area contributed by atoms with E-state index in [9.17, 15) is 67.7 Å². The number of cyclic esters (lactones) is 1. The van der Waals surface area contributed by atoms with Crippen LogP contribution in [0.5, 0.6) is 0 Å². The predicted octanol–water partition coefficient (Wildman–Crippen LogP) is -4.52. The van der Waals surface area contributed by atoms with Crippen LogP contribution in [0.4, 0.5) is 0 Å². The second-order valence-corrected chi connectivity index (χ2v) is 21.5. The van der Waals surface area contributed by atoms with Gasteiger partial charge >= 0.3 is 5.97 Å². The molecular weight excluding hydrogens is 1120 g/mol. The van der Waals surface area contributed by atoms with Crippen LogP contribution in [-0.2, 0) is 68.7 Å². The smallest absolute Gasteiger partial charge is 0.328 e. The van der Waals surface area contributed by atoms with Gasteiger partial charge in [0.15, 0.2) is 5.96 Å². The van der Waals surface area contributed by atoms with E-state index in [1.54, 1.807) is 55.5 Å². The van der Waals surface area contributed by atoms with E-state index < -0.39 is 187 Å². The third-order valence-electron chi connectivity index (χ3n) is 15.0. The number of benzene rings is 1. The van der Waals surface area contributed by atoms with Gasteiger partial charge in [0.2, 0.25) is 65.0 Å². The minimum Gasteiger partial charge on any atom is -0.458 e. The number of nitrogens with two attached hydrogens (primary N) is 3. The molecule has 30 heteroatoms. The first kappa shape index (κ1) is 74.1. The lowest BCUT2D eigenvalue weighted by molar-refractivity contribution is -0.156. The largest absolute Gasteiger partial charge is 0.458 e. The van der Waals surface area contributed by atoms with E-state index in [-0.39, 0.29) is 44.6 Å². The molecule has 0 bridgehead atoms. The zero-order valence-corrected chi connectivity index (χ0v) is 50.9. The van der Waals surface area contributed by atoms with E-state index in [0.29, 0.717) is 12.8 Å². The number of primary amides is 1. The molecule has 1 aromatic rings. The molecule has 0 aromatic heterocycles. The van der Waals surface area contributed by atoms with E-state index >= 15 is 0 Å². The number of aliphatic hydroxyl groups is 2. The molecule has 19 N–H and O–H groups in total. The van der Waals surface area contributed by atoms with Crippen molar-refractivity contribution in [2.45, 2.75) is 193 Å². The number of hydrogen-bond donors (Lipinski definition) is 16. The molecule has 1 aliphatic heterocycles. The lowest BCUT2D eigenvalue weighted by Gasteiger charge is -2.31. The van der Waals surface area contributed by atoms with Crippen LogP contribution in [-0.4, -0.2) is 186 Å². The van der Waals surface area contributed by atoms with Gasteiger partial charge in [-0.3, -0.25) is 57.7 Å². The van der Waals surface area contributed by atoms with Gasteiger partial charge in [0.05, 0.1) is 19.3 Å². The zero-order valence-electron chi connectivity index (χ0n) is 50.9. The quantitative estimate of drug-likeness (QED) is 0.0136. The summed E-state index contributed by atoms with van der Waals surface area (Å²) in [7, 11) is 1.59. The molecule has 1 aromatic carbocycles. The van der Waals surface area contributed by atoms with Crippen molar-refractivity contribution >= 4 is 76.9 Å². The second-order valence-electron chi connectivity index (χ2n) is 21.5. The minimum atomic E-state index is -1.82. The number of rotatable bonds is 33.